The van der Waals surface area contributed by atoms with Gasteiger partial charge in [0.1, 0.15) is 17.1 Å². The van der Waals surface area contributed by atoms with Crippen LogP contribution in [0.2, 0.25) is 0 Å². The van der Waals surface area contributed by atoms with Gasteiger partial charge in [-0.15, -0.1) is 0 Å². The van der Waals surface area contributed by atoms with Crippen molar-refractivity contribution in [3.8, 4) is 11.5 Å². The van der Waals surface area contributed by atoms with E-state index in [0.717, 1.165) is 58.1 Å². The van der Waals surface area contributed by atoms with Gasteiger partial charge in [-0.25, -0.2) is 0 Å². The first-order valence-corrected chi connectivity index (χ1v) is 15.0. The molecule has 0 saturated heterocycles. The molecule has 1 aliphatic heterocycles. The molecule has 3 atom stereocenters. The van der Waals surface area contributed by atoms with Gasteiger partial charge in [-0.3, -0.25) is 4.79 Å². The Morgan fingerprint density at radius 2 is 1.62 bits per heavy atom. The molecule has 2 rings (SSSR count). The van der Waals surface area contributed by atoms with Gasteiger partial charge < -0.3 is 9.47 Å². The normalized spacial score (nSPS) is 19.4. The summed E-state index contributed by atoms with van der Waals surface area (Å²) in [6, 6.07) is 0. The first-order chi connectivity index (χ1) is 17.1. The zero-order valence-corrected chi connectivity index (χ0v) is 25.9. The van der Waals surface area contributed by atoms with E-state index in [4.69, 9.17) is 9.47 Å². The average molecular weight is 639 g/mol. The lowest BCUT2D eigenvalue weighted by atomic mass is 9.84. The average Bonchev–Trinajstić information content (AvgIpc) is 2.78. The standard InChI is InChI=1S/C30H46F3IO3/c1-19(2)11-8-12-20(3)13-9-14-24(30(31,32)33)15-10-17-29(7)18-16-25-21(4)27(36-23(6)35)22(5)26(34)28(25)37-29/h19-20,24H,8-18H2,1-7H3. The zero-order chi connectivity index (χ0) is 28.0. The minimum absolute atomic E-state index is 0.150. The second-order valence-corrected chi connectivity index (χ2v) is 12.9. The molecule has 1 heterocycles. The lowest BCUT2D eigenvalue weighted by molar-refractivity contribution is -0.179. The molecule has 0 spiro atoms. The molecule has 0 amide bonds. The van der Waals surface area contributed by atoms with Crippen molar-refractivity contribution < 1.29 is 27.4 Å². The Morgan fingerprint density at radius 1 is 1.03 bits per heavy atom. The molecular weight excluding hydrogens is 592 g/mol. The third-order valence-corrected chi connectivity index (χ3v) is 9.18. The summed E-state index contributed by atoms with van der Waals surface area (Å²) in [6.45, 7) is 13.8. The first kappa shape index (κ1) is 32.2. The van der Waals surface area contributed by atoms with Gasteiger partial charge in [0, 0.05) is 18.1 Å². The first-order valence-electron chi connectivity index (χ1n) is 13.9. The number of fused-ring (bicyclic) bond motifs is 1. The van der Waals surface area contributed by atoms with Crippen molar-refractivity contribution in [1.82, 2.24) is 0 Å². The highest BCUT2D eigenvalue weighted by Gasteiger charge is 2.40. The molecule has 1 aromatic carbocycles. The fourth-order valence-corrected chi connectivity index (χ4v) is 6.16. The molecule has 1 aliphatic rings. The van der Waals surface area contributed by atoms with Crippen molar-refractivity contribution in [2.45, 2.75) is 131 Å². The van der Waals surface area contributed by atoms with E-state index >= 15 is 0 Å². The summed E-state index contributed by atoms with van der Waals surface area (Å²) < 4.78 is 54.2. The van der Waals surface area contributed by atoms with Gasteiger partial charge in [-0.05, 0) is 99.3 Å². The fourth-order valence-electron chi connectivity index (χ4n) is 5.48. The number of hydrogen-bond acceptors (Lipinski definition) is 3. The molecule has 0 saturated carbocycles. The summed E-state index contributed by atoms with van der Waals surface area (Å²) in [7, 11) is 0. The number of esters is 1. The molecule has 0 bridgehead atoms. The summed E-state index contributed by atoms with van der Waals surface area (Å²) in [5, 5.41) is 0. The van der Waals surface area contributed by atoms with E-state index in [2.05, 4.69) is 43.4 Å². The third-order valence-electron chi connectivity index (χ3n) is 7.88. The molecule has 0 aliphatic carbocycles. The Bertz CT molecular complexity index is 913. The minimum Gasteiger partial charge on any atom is -0.486 e. The summed E-state index contributed by atoms with van der Waals surface area (Å²) >= 11 is 2.22. The van der Waals surface area contributed by atoms with E-state index < -0.39 is 17.7 Å². The van der Waals surface area contributed by atoms with Crippen molar-refractivity contribution in [3.05, 3.63) is 20.3 Å². The molecule has 0 aromatic heterocycles. The van der Waals surface area contributed by atoms with Crippen LogP contribution in [-0.4, -0.2) is 17.7 Å². The number of halogens is 4. The van der Waals surface area contributed by atoms with Crippen LogP contribution >= 0.6 is 22.6 Å². The topological polar surface area (TPSA) is 35.5 Å². The molecule has 0 radical (unpaired) electrons. The maximum absolute atomic E-state index is 13.8. The van der Waals surface area contributed by atoms with E-state index in [9.17, 15) is 18.0 Å². The van der Waals surface area contributed by atoms with Gasteiger partial charge in [0.05, 0.1) is 9.49 Å². The van der Waals surface area contributed by atoms with E-state index in [1.165, 1.54) is 13.3 Å². The SMILES string of the molecule is CC(=O)Oc1c(C)c(I)c2c(c1C)CCC(C)(CCCC(CCCC(C)CCCC(C)C)C(F)(F)F)O2. The number of benzene rings is 1. The van der Waals surface area contributed by atoms with Crippen molar-refractivity contribution in [3.63, 3.8) is 0 Å². The molecule has 7 heteroatoms. The summed E-state index contributed by atoms with van der Waals surface area (Å²) in [5.41, 5.74) is 2.28. The van der Waals surface area contributed by atoms with Gasteiger partial charge in [0.15, 0.2) is 0 Å². The molecule has 212 valence electrons. The van der Waals surface area contributed by atoms with Crippen LogP contribution in [0.5, 0.6) is 11.5 Å². The summed E-state index contributed by atoms with van der Waals surface area (Å²) in [4.78, 5) is 11.6. The van der Waals surface area contributed by atoms with Gasteiger partial charge in [0.25, 0.3) is 0 Å². The molecule has 3 unspecified atom stereocenters. The number of rotatable bonds is 13. The van der Waals surface area contributed by atoms with Crippen LogP contribution in [0, 0.1) is 35.2 Å². The number of carbonyl (C=O) groups is 1. The zero-order valence-electron chi connectivity index (χ0n) is 23.7. The number of hydrogen-bond donors (Lipinski definition) is 0. The van der Waals surface area contributed by atoms with Crippen LogP contribution in [0.3, 0.4) is 0 Å². The Morgan fingerprint density at radius 3 is 2.19 bits per heavy atom. The second-order valence-electron chi connectivity index (χ2n) is 11.8. The van der Waals surface area contributed by atoms with Gasteiger partial charge in [-0.2, -0.15) is 13.2 Å². The molecular formula is C30H46F3IO3. The highest BCUT2D eigenvalue weighted by Crippen LogP contribution is 2.46. The van der Waals surface area contributed by atoms with Gasteiger partial charge in [-0.1, -0.05) is 52.9 Å². The van der Waals surface area contributed by atoms with Crippen molar-refractivity contribution in [1.29, 1.82) is 0 Å². The van der Waals surface area contributed by atoms with Gasteiger partial charge >= 0.3 is 12.1 Å². The van der Waals surface area contributed by atoms with Crippen LogP contribution in [-0.2, 0) is 11.2 Å². The lowest BCUT2D eigenvalue weighted by Gasteiger charge is -2.38. The summed E-state index contributed by atoms with van der Waals surface area (Å²) in [5.74, 6) is 0.941. The third kappa shape index (κ3) is 9.61. The maximum Gasteiger partial charge on any atom is 0.391 e. The number of ether oxygens (including phenoxy) is 2. The molecule has 3 nitrogen and oxygen atoms in total. The molecule has 0 N–H and O–H groups in total. The van der Waals surface area contributed by atoms with Crippen molar-refractivity contribution >= 4 is 28.6 Å². The van der Waals surface area contributed by atoms with E-state index in [0.29, 0.717) is 36.8 Å². The molecule has 1 aromatic rings. The van der Waals surface area contributed by atoms with Crippen LogP contribution in [0.25, 0.3) is 0 Å². The molecule has 37 heavy (non-hydrogen) atoms. The van der Waals surface area contributed by atoms with Gasteiger partial charge in [0.2, 0.25) is 0 Å². The van der Waals surface area contributed by atoms with Crippen LogP contribution < -0.4 is 9.47 Å². The van der Waals surface area contributed by atoms with Crippen molar-refractivity contribution in [2.24, 2.45) is 17.8 Å². The number of alkyl halides is 3. The van der Waals surface area contributed by atoms with E-state index in [1.54, 1.807) is 0 Å². The smallest absolute Gasteiger partial charge is 0.391 e. The highest BCUT2D eigenvalue weighted by atomic mass is 127. The lowest BCUT2D eigenvalue weighted by Crippen LogP contribution is -2.37. The Hall–Kier alpha value is -0.990. The van der Waals surface area contributed by atoms with E-state index in [1.807, 2.05) is 20.8 Å². The van der Waals surface area contributed by atoms with E-state index in [-0.39, 0.29) is 18.8 Å². The summed E-state index contributed by atoms with van der Waals surface area (Å²) in [6.07, 6.45) is 3.72. The van der Waals surface area contributed by atoms with Crippen LogP contribution in [0.4, 0.5) is 13.2 Å². The Labute approximate surface area is 235 Å². The fraction of sp³-hybridized carbons (Fsp3) is 0.767. The quantitative estimate of drug-likeness (QED) is 0.123. The van der Waals surface area contributed by atoms with Crippen LogP contribution in [0.15, 0.2) is 0 Å². The second kappa shape index (κ2) is 13.9. The monoisotopic (exact) mass is 638 g/mol. The van der Waals surface area contributed by atoms with Crippen LogP contribution in [0.1, 0.15) is 116 Å². The van der Waals surface area contributed by atoms with Crippen molar-refractivity contribution in [2.75, 3.05) is 0 Å². The molecule has 0 fully saturated rings. The Balaban J connectivity index is 1.95. The predicted octanol–water partition coefficient (Wildman–Crippen LogP) is 9.90. The minimum atomic E-state index is -4.15. The number of carbonyl (C=O) groups excluding carboxylic acids is 1. The highest BCUT2D eigenvalue weighted by molar-refractivity contribution is 14.1. The predicted molar refractivity (Wildman–Crippen MR) is 152 cm³/mol. The maximum atomic E-state index is 13.8. The largest absolute Gasteiger partial charge is 0.486 e. The Kier molecular flexibility index (Phi) is 12.1.